The molecule has 0 aromatic carbocycles. The van der Waals surface area contributed by atoms with Crippen LogP contribution < -0.4 is 0 Å². The zero-order valence-corrected chi connectivity index (χ0v) is 19.5. The van der Waals surface area contributed by atoms with Gasteiger partial charge in [-0.1, -0.05) is 53.9 Å². The van der Waals surface area contributed by atoms with Crippen molar-refractivity contribution in [1.29, 1.82) is 0 Å². The number of aliphatic hydroxyl groups is 1. The highest BCUT2D eigenvalue weighted by atomic mass is 16.3. The van der Waals surface area contributed by atoms with E-state index in [0.29, 0.717) is 23.4 Å². The number of fused-ring (bicyclic) bond motifs is 5. The van der Waals surface area contributed by atoms with E-state index in [9.17, 15) is 5.11 Å². The van der Waals surface area contributed by atoms with Crippen LogP contribution in [-0.2, 0) is 0 Å². The van der Waals surface area contributed by atoms with E-state index in [1.54, 1.807) is 0 Å². The van der Waals surface area contributed by atoms with Crippen molar-refractivity contribution in [1.82, 2.24) is 0 Å². The summed E-state index contributed by atoms with van der Waals surface area (Å²) in [4.78, 5) is 0. The van der Waals surface area contributed by atoms with Gasteiger partial charge in [0.25, 0.3) is 0 Å². The smallest absolute Gasteiger partial charge is 0.0495 e. The van der Waals surface area contributed by atoms with Gasteiger partial charge in [0, 0.05) is 12.0 Å². The largest absolute Gasteiger partial charge is 0.396 e. The van der Waals surface area contributed by atoms with Gasteiger partial charge in [-0.15, -0.1) is 0 Å². The molecule has 0 aromatic heterocycles. The van der Waals surface area contributed by atoms with Crippen molar-refractivity contribution in [3.05, 3.63) is 6.92 Å². The van der Waals surface area contributed by atoms with Gasteiger partial charge in [0.05, 0.1) is 0 Å². The summed E-state index contributed by atoms with van der Waals surface area (Å²) >= 11 is 0. The molecule has 0 bridgehead atoms. The first-order valence-corrected chi connectivity index (χ1v) is 12.6. The predicted molar refractivity (Wildman–Crippen MR) is 119 cm³/mol. The van der Waals surface area contributed by atoms with E-state index in [-0.39, 0.29) is 5.41 Å². The minimum Gasteiger partial charge on any atom is -0.396 e. The molecule has 28 heavy (non-hydrogen) atoms. The zero-order valence-electron chi connectivity index (χ0n) is 19.5. The first-order valence-electron chi connectivity index (χ1n) is 12.6. The lowest BCUT2D eigenvalue weighted by Crippen LogP contribution is -2.44. The van der Waals surface area contributed by atoms with E-state index >= 15 is 0 Å². The molecule has 0 heterocycles. The second-order valence-electron chi connectivity index (χ2n) is 12.6. The van der Waals surface area contributed by atoms with Gasteiger partial charge in [-0.2, -0.15) is 0 Å². The molecule has 0 spiro atoms. The van der Waals surface area contributed by atoms with Crippen molar-refractivity contribution in [3.8, 4) is 0 Å². The number of aliphatic hydroxyl groups excluding tert-OH is 1. The van der Waals surface area contributed by atoms with E-state index < -0.39 is 0 Å². The van der Waals surface area contributed by atoms with Crippen LogP contribution in [0, 0.1) is 64.6 Å². The van der Waals surface area contributed by atoms with Crippen LogP contribution >= 0.6 is 0 Å². The van der Waals surface area contributed by atoms with Crippen molar-refractivity contribution >= 4 is 0 Å². The van der Waals surface area contributed by atoms with Crippen LogP contribution in [0.15, 0.2) is 0 Å². The summed E-state index contributed by atoms with van der Waals surface area (Å²) in [7, 11) is 0. The summed E-state index contributed by atoms with van der Waals surface area (Å²) in [5, 5.41) is 10.6. The third kappa shape index (κ3) is 2.80. The first-order chi connectivity index (χ1) is 13.2. The van der Waals surface area contributed by atoms with Gasteiger partial charge in [-0.25, -0.2) is 0 Å². The molecule has 0 amide bonds. The van der Waals surface area contributed by atoms with E-state index in [2.05, 4.69) is 41.5 Å². The Morgan fingerprint density at radius 3 is 2.39 bits per heavy atom. The molecule has 4 aliphatic rings. The normalized spacial score (nSPS) is 51.2. The first kappa shape index (κ1) is 21.2. The highest BCUT2D eigenvalue weighted by Crippen LogP contribution is 2.76. The molecule has 0 aliphatic heterocycles. The third-order valence-electron chi connectivity index (χ3n) is 11.3. The Hall–Kier alpha value is -0.0400. The Morgan fingerprint density at radius 1 is 0.964 bits per heavy atom. The van der Waals surface area contributed by atoms with Crippen LogP contribution in [0.5, 0.6) is 0 Å². The number of hydrogen-bond acceptors (Lipinski definition) is 1. The molecule has 4 aliphatic carbocycles. The van der Waals surface area contributed by atoms with E-state index in [0.717, 1.165) is 35.5 Å². The van der Waals surface area contributed by atoms with Crippen LogP contribution in [0.4, 0.5) is 0 Å². The fourth-order valence-electron chi connectivity index (χ4n) is 9.60. The average molecular weight is 388 g/mol. The van der Waals surface area contributed by atoms with Crippen molar-refractivity contribution in [2.75, 3.05) is 6.61 Å². The lowest BCUT2D eigenvalue weighted by Gasteiger charge is -2.51. The van der Waals surface area contributed by atoms with Crippen LogP contribution in [0.3, 0.4) is 0 Å². The lowest BCUT2D eigenvalue weighted by molar-refractivity contribution is -0.0290. The topological polar surface area (TPSA) is 20.2 Å². The summed E-state index contributed by atoms with van der Waals surface area (Å²) in [6, 6.07) is 0. The summed E-state index contributed by atoms with van der Waals surface area (Å²) in [6.07, 6.45) is 13.8. The van der Waals surface area contributed by atoms with Gasteiger partial charge in [0.2, 0.25) is 0 Å². The monoisotopic (exact) mass is 387 g/mol. The van der Waals surface area contributed by atoms with Crippen molar-refractivity contribution in [3.63, 3.8) is 0 Å². The lowest BCUT2D eigenvalue weighted by atomic mass is 9.54. The number of rotatable bonds is 6. The molecule has 1 nitrogen and oxygen atoms in total. The molecule has 161 valence electrons. The Balaban J connectivity index is 1.52. The molecule has 1 heteroatoms. The minimum absolute atomic E-state index is 0.120. The van der Waals surface area contributed by atoms with E-state index in [1.807, 2.05) is 0 Å². The molecule has 0 unspecified atom stereocenters. The van der Waals surface area contributed by atoms with Gasteiger partial charge >= 0.3 is 0 Å². The fourth-order valence-corrected chi connectivity index (χ4v) is 9.60. The quantitative estimate of drug-likeness (QED) is 0.513. The maximum Gasteiger partial charge on any atom is 0.0495 e. The Kier molecular flexibility index (Phi) is 5.51. The molecular weight excluding hydrogens is 340 g/mol. The number of hydrogen-bond donors (Lipinski definition) is 1. The minimum atomic E-state index is 0.120. The molecule has 0 aromatic rings. The van der Waals surface area contributed by atoms with Gasteiger partial charge in [0.15, 0.2) is 0 Å². The molecule has 0 saturated heterocycles. The molecular formula is C27H47O. The van der Waals surface area contributed by atoms with Crippen molar-refractivity contribution in [2.24, 2.45) is 57.7 Å². The Labute approximate surface area is 175 Å². The molecule has 1 N–H and O–H groups in total. The fraction of sp³-hybridized carbons (Fsp3) is 0.963. The van der Waals surface area contributed by atoms with E-state index in [4.69, 9.17) is 0 Å². The molecule has 4 fully saturated rings. The van der Waals surface area contributed by atoms with Gasteiger partial charge in [0.1, 0.15) is 0 Å². The second kappa shape index (κ2) is 7.28. The summed E-state index contributed by atoms with van der Waals surface area (Å²) in [5.74, 6) is 5.73. The average Bonchev–Trinajstić information content (AvgIpc) is 3.20. The van der Waals surface area contributed by atoms with Crippen molar-refractivity contribution in [2.45, 2.75) is 98.8 Å². The second-order valence-corrected chi connectivity index (χ2v) is 12.6. The highest BCUT2D eigenvalue weighted by Gasteiger charge is 2.69. The van der Waals surface area contributed by atoms with Crippen LogP contribution in [0.1, 0.15) is 98.8 Å². The van der Waals surface area contributed by atoms with Crippen molar-refractivity contribution < 1.29 is 5.11 Å². The molecule has 1 radical (unpaired) electrons. The van der Waals surface area contributed by atoms with Gasteiger partial charge in [-0.3, -0.25) is 0 Å². The van der Waals surface area contributed by atoms with Gasteiger partial charge in [-0.05, 0) is 104 Å². The molecule has 4 saturated carbocycles. The Morgan fingerprint density at radius 2 is 1.71 bits per heavy atom. The maximum absolute atomic E-state index is 10.6. The standard InChI is InChI=1S/C27H47O/c1-18(2)8-7-9-19(3)22-10-11-23-21-16-27(17-28)20(4)12-15-26(27,6)24(21)13-14-25(22,23)5/h18-24,28H,4,7-17H2,1-3,5-6H3/t19-,20+,21+,22-,23+,24+,25-,26-,27+/m1/s1. The van der Waals surface area contributed by atoms with Crippen LogP contribution in [0.25, 0.3) is 0 Å². The third-order valence-corrected chi connectivity index (χ3v) is 11.3. The van der Waals surface area contributed by atoms with E-state index in [1.165, 1.54) is 64.2 Å². The van der Waals surface area contributed by atoms with Crippen LogP contribution in [0.2, 0.25) is 0 Å². The zero-order chi connectivity index (χ0) is 20.3. The molecule has 4 rings (SSSR count). The summed E-state index contributed by atoms with van der Waals surface area (Å²) < 4.78 is 0. The Bertz CT molecular complexity index is 569. The van der Waals surface area contributed by atoms with Crippen LogP contribution in [-0.4, -0.2) is 11.7 Å². The summed E-state index contributed by atoms with van der Waals surface area (Å²) in [6.45, 7) is 17.5. The maximum atomic E-state index is 10.6. The highest BCUT2D eigenvalue weighted by molar-refractivity contribution is 5.19. The van der Waals surface area contributed by atoms with Gasteiger partial charge < -0.3 is 5.11 Å². The predicted octanol–water partition coefficient (Wildman–Crippen LogP) is 7.14. The summed E-state index contributed by atoms with van der Waals surface area (Å²) in [5.41, 5.74) is 1.02. The molecule has 9 atom stereocenters. The SMILES string of the molecule is [CH2][C@H]1CC[C@]2(C)[C@H]3CC[C@]4(C)[C@@H]([C@H](C)CCCC(C)C)CC[C@H]4[C@@H]3C[C@]12CO.